The summed E-state index contributed by atoms with van der Waals surface area (Å²) in [5, 5.41) is 3.39. The topological polar surface area (TPSA) is 0 Å². The smallest absolute Gasteiger partial charge is 0.139 e. The summed E-state index contributed by atoms with van der Waals surface area (Å²) in [6.07, 6.45) is 10.8. The van der Waals surface area contributed by atoms with Crippen LogP contribution in [-0.2, 0) is 0 Å². The largest absolute Gasteiger partial charge is 0.206 e. The van der Waals surface area contributed by atoms with Crippen LogP contribution in [0.15, 0.2) is 24.3 Å². The van der Waals surface area contributed by atoms with Gasteiger partial charge in [-0.25, -0.2) is 8.78 Å². The molecule has 0 spiro atoms. The van der Waals surface area contributed by atoms with Gasteiger partial charge >= 0.3 is 0 Å². The average Bonchev–Trinajstić information content (AvgIpc) is 2.74. The second-order valence-electron chi connectivity index (χ2n) is 7.98. The summed E-state index contributed by atoms with van der Waals surface area (Å²) >= 11 is 0. The van der Waals surface area contributed by atoms with Gasteiger partial charge in [0.2, 0.25) is 0 Å². The number of unbranched alkanes of at least 4 members (excludes halogenated alkanes) is 8. The SMILES string of the molecule is CCCCCCC#Cc1cc2c(cc1F)=c1cc(C#CCCCCCC)c(F)cc1=2. The Balaban J connectivity index is 1.80. The fourth-order valence-electron chi connectivity index (χ4n) is 3.76. The zero-order chi connectivity index (χ0) is 21.3. The number of benzene rings is 2. The van der Waals surface area contributed by atoms with Crippen LogP contribution in [0, 0.1) is 56.2 Å². The fraction of sp³-hybridized carbons (Fsp3) is 0.429. The highest BCUT2D eigenvalue weighted by atomic mass is 19.1. The van der Waals surface area contributed by atoms with E-state index in [1.54, 1.807) is 12.1 Å². The maximum Gasteiger partial charge on any atom is 0.139 e. The Kier molecular flexibility index (Phi) is 8.10. The first-order valence-corrected chi connectivity index (χ1v) is 11.3. The van der Waals surface area contributed by atoms with Crippen molar-refractivity contribution in [3.63, 3.8) is 0 Å². The number of halogens is 2. The van der Waals surface area contributed by atoms with Crippen LogP contribution in [0.3, 0.4) is 0 Å². The van der Waals surface area contributed by atoms with E-state index in [0.717, 1.165) is 59.4 Å². The number of rotatable bonds is 8. The third-order valence-corrected chi connectivity index (χ3v) is 5.55. The van der Waals surface area contributed by atoms with Crippen LogP contribution in [0.4, 0.5) is 8.78 Å². The van der Waals surface area contributed by atoms with Crippen LogP contribution in [-0.4, -0.2) is 0 Å². The first-order valence-electron chi connectivity index (χ1n) is 11.3. The second kappa shape index (κ2) is 11.0. The van der Waals surface area contributed by atoms with E-state index in [-0.39, 0.29) is 11.6 Å². The van der Waals surface area contributed by atoms with Crippen LogP contribution in [0.25, 0.3) is 0 Å². The number of fused-ring (bicyclic) bond motifs is 2. The lowest BCUT2D eigenvalue weighted by Crippen LogP contribution is -1.98. The maximum atomic E-state index is 14.5. The molecule has 156 valence electrons. The maximum absolute atomic E-state index is 14.5. The van der Waals surface area contributed by atoms with Crippen molar-refractivity contribution in [2.45, 2.75) is 78.1 Å². The summed E-state index contributed by atoms with van der Waals surface area (Å²) in [4.78, 5) is 0. The molecule has 0 atom stereocenters. The molecule has 1 aliphatic carbocycles. The predicted octanol–water partition coefficient (Wildman–Crippen LogP) is 7.50. The van der Waals surface area contributed by atoms with E-state index in [9.17, 15) is 8.78 Å². The van der Waals surface area contributed by atoms with E-state index in [1.165, 1.54) is 37.8 Å². The highest BCUT2D eigenvalue weighted by Crippen LogP contribution is 2.20. The van der Waals surface area contributed by atoms with E-state index < -0.39 is 0 Å². The first kappa shape index (κ1) is 22.1. The molecule has 0 radical (unpaired) electrons. The zero-order valence-corrected chi connectivity index (χ0v) is 18.1. The fourth-order valence-corrected chi connectivity index (χ4v) is 3.76. The first-order chi connectivity index (χ1) is 14.7. The summed E-state index contributed by atoms with van der Waals surface area (Å²) in [6, 6.07) is 6.56. The minimum Gasteiger partial charge on any atom is -0.206 e. The predicted molar refractivity (Wildman–Crippen MR) is 119 cm³/mol. The molecule has 0 aromatic heterocycles. The van der Waals surface area contributed by atoms with Gasteiger partial charge in [0.15, 0.2) is 0 Å². The monoisotopic (exact) mass is 404 g/mol. The van der Waals surface area contributed by atoms with Crippen molar-refractivity contribution in [1.82, 2.24) is 0 Å². The molecule has 2 aromatic carbocycles. The van der Waals surface area contributed by atoms with Crippen molar-refractivity contribution in [2.24, 2.45) is 0 Å². The Bertz CT molecular complexity index is 1080. The summed E-state index contributed by atoms with van der Waals surface area (Å²) < 4.78 is 29.0. The zero-order valence-electron chi connectivity index (χ0n) is 18.1. The molecule has 2 aromatic rings. The van der Waals surface area contributed by atoms with Crippen LogP contribution < -0.4 is 0 Å². The van der Waals surface area contributed by atoms with Gasteiger partial charge in [0.25, 0.3) is 0 Å². The van der Waals surface area contributed by atoms with Gasteiger partial charge in [-0.2, -0.15) is 0 Å². The highest BCUT2D eigenvalue weighted by molar-refractivity contribution is 5.44. The van der Waals surface area contributed by atoms with Crippen molar-refractivity contribution in [3.05, 3.63) is 67.9 Å². The lowest BCUT2D eigenvalue weighted by atomic mass is 9.97. The Morgan fingerprint density at radius 3 is 1.37 bits per heavy atom. The molecule has 0 aliphatic heterocycles. The molecule has 0 saturated carbocycles. The number of hydrogen-bond donors (Lipinski definition) is 0. The third-order valence-electron chi connectivity index (χ3n) is 5.55. The van der Waals surface area contributed by atoms with E-state index in [1.807, 2.05) is 0 Å². The highest BCUT2D eigenvalue weighted by Gasteiger charge is 2.10. The molecular weight excluding hydrogens is 374 g/mol. The minimum absolute atomic E-state index is 0.312. The van der Waals surface area contributed by atoms with Crippen molar-refractivity contribution < 1.29 is 8.78 Å². The molecule has 1 aliphatic rings. The van der Waals surface area contributed by atoms with E-state index in [0.29, 0.717) is 11.1 Å². The second-order valence-corrected chi connectivity index (χ2v) is 7.98. The summed E-state index contributed by atoms with van der Waals surface area (Å²) in [6.45, 7) is 4.35. The quantitative estimate of drug-likeness (QED) is 0.269. The molecule has 0 heterocycles. The van der Waals surface area contributed by atoms with Crippen LogP contribution in [0.5, 0.6) is 0 Å². The minimum atomic E-state index is -0.312. The summed E-state index contributed by atoms with van der Waals surface area (Å²) in [5.74, 6) is 11.4. The molecule has 0 bridgehead atoms. The van der Waals surface area contributed by atoms with Gasteiger partial charge in [-0.15, -0.1) is 0 Å². The molecule has 0 amide bonds. The normalized spacial score (nSPS) is 10.8. The van der Waals surface area contributed by atoms with Crippen molar-refractivity contribution >= 4 is 0 Å². The van der Waals surface area contributed by atoms with Crippen LogP contribution >= 0.6 is 0 Å². The van der Waals surface area contributed by atoms with Crippen molar-refractivity contribution in [1.29, 1.82) is 0 Å². The van der Waals surface area contributed by atoms with Gasteiger partial charge < -0.3 is 0 Å². The Hall–Kier alpha value is -2.58. The Morgan fingerprint density at radius 1 is 0.567 bits per heavy atom. The van der Waals surface area contributed by atoms with Gasteiger partial charge in [-0.1, -0.05) is 76.1 Å². The van der Waals surface area contributed by atoms with E-state index in [4.69, 9.17) is 0 Å². The van der Waals surface area contributed by atoms with Crippen LogP contribution in [0.2, 0.25) is 0 Å². The molecule has 0 nitrogen and oxygen atoms in total. The lowest BCUT2D eigenvalue weighted by molar-refractivity contribution is 0.619. The van der Waals surface area contributed by atoms with Gasteiger partial charge in [0.1, 0.15) is 11.6 Å². The standard InChI is InChI=1S/C28H30F2/c1-3-5-7-9-11-13-15-21-17-23-25(19-27(21)29)24-18-22(28(30)20-26(23)24)16-14-12-10-8-6-4-2/h17-20H,3-12H2,1-2H3. The Morgan fingerprint density at radius 2 is 0.967 bits per heavy atom. The molecule has 3 rings (SSSR count). The molecule has 0 fully saturated rings. The molecule has 30 heavy (non-hydrogen) atoms. The molecule has 0 N–H and O–H groups in total. The van der Waals surface area contributed by atoms with Crippen LogP contribution in [0.1, 0.15) is 89.2 Å². The molecule has 0 saturated heterocycles. The summed E-state index contributed by atoms with van der Waals surface area (Å²) in [7, 11) is 0. The van der Waals surface area contributed by atoms with Crippen molar-refractivity contribution in [2.75, 3.05) is 0 Å². The third kappa shape index (κ3) is 5.31. The molecular formula is C28H30F2. The van der Waals surface area contributed by atoms with E-state index >= 15 is 0 Å². The van der Waals surface area contributed by atoms with Gasteiger partial charge in [0, 0.05) is 12.8 Å². The molecule has 2 heteroatoms. The van der Waals surface area contributed by atoms with Gasteiger partial charge in [-0.05, 0) is 58.0 Å². The van der Waals surface area contributed by atoms with Gasteiger partial charge in [0.05, 0.1) is 11.1 Å². The average molecular weight is 405 g/mol. The summed E-state index contributed by atoms with van der Waals surface area (Å²) in [5.41, 5.74) is 0.789. The van der Waals surface area contributed by atoms with E-state index in [2.05, 4.69) is 37.5 Å². The lowest BCUT2D eigenvalue weighted by Gasteiger charge is -2.08. The Labute approximate surface area is 178 Å². The van der Waals surface area contributed by atoms with Gasteiger partial charge in [-0.3, -0.25) is 0 Å². The number of hydrogen-bond acceptors (Lipinski definition) is 0. The van der Waals surface area contributed by atoms with Crippen molar-refractivity contribution in [3.8, 4) is 23.7 Å². The molecule has 0 unspecified atom stereocenters.